The number of hydrogen-bond acceptors (Lipinski definition) is 4. The van der Waals surface area contributed by atoms with E-state index in [4.69, 9.17) is 9.15 Å². The molecule has 5 heteroatoms. The van der Waals surface area contributed by atoms with Gasteiger partial charge >= 0.3 is 5.97 Å². The topological polar surface area (TPSA) is 56.5 Å². The molecule has 0 aliphatic rings. The summed E-state index contributed by atoms with van der Waals surface area (Å²) < 4.78 is 24.3. The van der Waals surface area contributed by atoms with Gasteiger partial charge in [0.1, 0.15) is 17.1 Å². The van der Waals surface area contributed by atoms with E-state index in [0.29, 0.717) is 11.1 Å². The van der Waals surface area contributed by atoms with Gasteiger partial charge in [0.15, 0.2) is 5.76 Å². The normalized spacial score (nSPS) is 11.1. The lowest BCUT2D eigenvalue weighted by Gasteiger charge is -2.07. The van der Waals surface area contributed by atoms with Gasteiger partial charge in [-0.05, 0) is 48.6 Å². The van der Waals surface area contributed by atoms with Crippen LogP contribution in [0.4, 0.5) is 4.39 Å². The van der Waals surface area contributed by atoms with Crippen molar-refractivity contribution in [1.82, 2.24) is 0 Å². The average Bonchev–Trinajstić information content (AvgIpc) is 3.17. The minimum absolute atomic E-state index is 0.0992. The number of rotatable bonds is 5. The smallest absolute Gasteiger partial charge is 0.343 e. The van der Waals surface area contributed by atoms with Crippen molar-refractivity contribution in [3.05, 3.63) is 108 Å². The van der Waals surface area contributed by atoms with Crippen molar-refractivity contribution in [1.29, 1.82) is 0 Å². The molecule has 0 spiro atoms. The van der Waals surface area contributed by atoms with Crippen LogP contribution in [0.25, 0.3) is 17.0 Å². The van der Waals surface area contributed by atoms with Crippen LogP contribution < -0.4 is 4.74 Å². The Morgan fingerprint density at radius 3 is 2.52 bits per heavy atom. The fourth-order valence-electron chi connectivity index (χ4n) is 2.84. The van der Waals surface area contributed by atoms with Gasteiger partial charge in [0.2, 0.25) is 5.78 Å². The van der Waals surface area contributed by atoms with Crippen LogP contribution in [0.3, 0.4) is 0 Å². The molecule has 0 aliphatic heterocycles. The molecule has 0 saturated heterocycles. The second-order valence-electron chi connectivity index (χ2n) is 6.28. The number of furan rings is 1. The summed E-state index contributed by atoms with van der Waals surface area (Å²) in [4.78, 5) is 24.7. The van der Waals surface area contributed by atoms with Crippen LogP contribution in [0, 0.1) is 5.82 Å². The van der Waals surface area contributed by atoms with Gasteiger partial charge in [-0.3, -0.25) is 4.79 Å². The summed E-state index contributed by atoms with van der Waals surface area (Å²) in [5, 5.41) is 0.841. The third kappa shape index (κ3) is 4.14. The number of ketones is 1. The van der Waals surface area contributed by atoms with E-state index in [1.165, 1.54) is 24.3 Å². The van der Waals surface area contributed by atoms with Crippen molar-refractivity contribution < 1.29 is 23.1 Å². The molecular weight excluding hydrogens is 371 g/mol. The number of halogens is 1. The molecule has 0 saturated carbocycles. The maximum absolute atomic E-state index is 13.3. The molecule has 4 nitrogen and oxygen atoms in total. The zero-order chi connectivity index (χ0) is 20.2. The zero-order valence-electron chi connectivity index (χ0n) is 15.2. The first-order chi connectivity index (χ1) is 14.1. The second-order valence-corrected chi connectivity index (χ2v) is 6.28. The lowest BCUT2D eigenvalue weighted by molar-refractivity contribution is 0.0733. The molecular formula is C24H15FO4. The minimum Gasteiger partial charge on any atom is -0.453 e. The van der Waals surface area contributed by atoms with Crippen LogP contribution in [-0.2, 0) is 0 Å². The molecule has 4 aromatic rings. The van der Waals surface area contributed by atoms with Gasteiger partial charge < -0.3 is 9.15 Å². The van der Waals surface area contributed by atoms with E-state index in [1.807, 2.05) is 18.2 Å². The second kappa shape index (κ2) is 7.94. The van der Waals surface area contributed by atoms with Crippen LogP contribution in [0.1, 0.15) is 26.5 Å². The van der Waals surface area contributed by atoms with Crippen molar-refractivity contribution in [2.24, 2.45) is 0 Å². The molecule has 0 atom stereocenters. The summed E-state index contributed by atoms with van der Waals surface area (Å²) in [5.74, 6) is -1.04. The Morgan fingerprint density at radius 1 is 0.897 bits per heavy atom. The van der Waals surface area contributed by atoms with Crippen LogP contribution in [-0.4, -0.2) is 11.8 Å². The van der Waals surface area contributed by atoms with E-state index < -0.39 is 11.8 Å². The van der Waals surface area contributed by atoms with E-state index in [2.05, 4.69) is 0 Å². The molecule has 142 valence electrons. The van der Waals surface area contributed by atoms with E-state index in [1.54, 1.807) is 42.5 Å². The Labute approximate surface area is 165 Å². The lowest BCUT2D eigenvalue weighted by atomic mass is 10.1. The highest BCUT2D eigenvalue weighted by Gasteiger charge is 2.13. The number of ether oxygens (including phenoxy) is 1. The first-order valence-corrected chi connectivity index (χ1v) is 8.88. The van der Waals surface area contributed by atoms with Crippen LogP contribution in [0.15, 0.2) is 89.4 Å². The molecule has 4 rings (SSSR count). The maximum Gasteiger partial charge on any atom is 0.343 e. The number of fused-ring (bicyclic) bond motifs is 1. The quantitative estimate of drug-likeness (QED) is 0.191. The summed E-state index contributed by atoms with van der Waals surface area (Å²) in [6.45, 7) is 0. The van der Waals surface area contributed by atoms with E-state index in [-0.39, 0.29) is 22.9 Å². The van der Waals surface area contributed by atoms with Crippen molar-refractivity contribution in [3.63, 3.8) is 0 Å². The Hall–Kier alpha value is -3.99. The number of carbonyl (C=O) groups excluding carboxylic acids is 2. The Morgan fingerprint density at radius 2 is 1.69 bits per heavy atom. The third-order valence-electron chi connectivity index (χ3n) is 4.26. The SMILES string of the molecule is O=C(Oc1ccccc1C=CC(=O)c1cc2ccccc2o1)c1cccc(F)c1. The molecule has 29 heavy (non-hydrogen) atoms. The highest BCUT2D eigenvalue weighted by atomic mass is 19.1. The van der Waals surface area contributed by atoms with Crippen molar-refractivity contribution in [2.45, 2.75) is 0 Å². The van der Waals surface area contributed by atoms with Gasteiger partial charge in [-0.25, -0.2) is 9.18 Å². The van der Waals surface area contributed by atoms with Crippen LogP contribution >= 0.6 is 0 Å². The first kappa shape index (κ1) is 18.4. The molecule has 1 heterocycles. The first-order valence-electron chi connectivity index (χ1n) is 8.88. The molecule has 1 aromatic heterocycles. The molecule has 0 amide bonds. The van der Waals surface area contributed by atoms with E-state index >= 15 is 0 Å². The Balaban J connectivity index is 1.54. The van der Waals surface area contributed by atoms with Crippen molar-refractivity contribution in [3.8, 4) is 5.75 Å². The summed E-state index contributed by atoms with van der Waals surface area (Å²) in [5.41, 5.74) is 1.26. The maximum atomic E-state index is 13.3. The summed E-state index contributed by atoms with van der Waals surface area (Å²) >= 11 is 0. The monoisotopic (exact) mass is 386 g/mol. The van der Waals surface area contributed by atoms with Crippen LogP contribution in [0.5, 0.6) is 5.75 Å². The molecule has 0 N–H and O–H groups in total. The number of esters is 1. The zero-order valence-corrected chi connectivity index (χ0v) is 15.2. The standard InChI is InChI=1S/C24H15FO4/c25-19-9-5-8-18(14-19)24(27)29-21-10-3-1-6-16(21)12-13-20(26)23-15-17-7-2-4-11-22(17)28-23/h1-15H. The van der Waals surface area contributed by atoms with Gasteiger partial charge in [0.05, 0.1) is 5.56 Å². The van der Waals surface area contributed by atoms with Crippen molar-refractivity contribution >= 4 is 28.8 Å². The van der Waals surface area contributed by atoms with Crippen LogP contribution in [0.2, 0.25) is 0 Å². The largest absolute Gasteiger partial charge is 0.453 e. The summed E-state index contributed by atoms with van der Waals surface area (Å²) in [6.07, 6.45) is 2.90. The fraction of sp³-hybridized carbons (Fsp3) is 0. The molecule has 0 radical (unpaired) electrons. The summed E-state index contributed by atoms with van der Waals surface area (Å²) in [7, 11) is 0. The number of hydrogen-bond donors (Lipinski definition) is 0. The van der Waals surface area contributed by atoms with E-state index in [0.717, 1.165) is 11.5 Å². The molecule has 0 fully saturated rings. The van der Waals surface area contributed by atoms with Gasteiger partial charge in [-0.1, -0.05) is 42.5 Å². The fourth-order valence-corrected chi connectivity index (χ4v) is 2.84. The Bertz CT molecular complexity index is 1200. The predicted molar refractivity (Wildman–Crippen MR) is 107 cm³/mol. The highest BCUT2D eigenvalue weighted by molar-refractivity contribution is 6.07. The molecule has 0 aliphatic carbocycles. The third-order valence-corrected chi connectivity index (χ3v) is 4.26. The predicted octanol–water partition coefficient (Wildman–Crippen LogP) is 5.69. The average molecular weight is 386 g/mol. The number of carbonyl (C=O) groups is 2. The molecule has 0 unspecified atom stereocenters. The number of benzene rings is 3. The number of allylic oxidation sites excluding steroid dienone is 1. The van der Waals surface area contributed by atoms with Gasteiger partial charge in [0, 0.05) is 10.9 Å². The van der Waals surface area contributed by atoms with Gasteiger partial charge in [0.25, 0.3) is 0 Å². The molecule has 3 aromatic carbocycles. The summed E-state index contributed by atoms with van der Waals surface area (Å²) in [6, 6.07) is 21.0. The Kier molecular flexibility index (Phi) is 5.03. The van der Waals surface area contributed by atoms with Gasteiger partial charge in [-0.15, -0.1) is 0 Å². The van der Waals surface area contributed by atoms with E-state index in [9.17, 15) is 14.0 Å². The van der Waals surface area contributed by atoms with Crippen molar-refractivity contribution in [2.75, 3.05) is 0 Å². The molecule has 0 bridgehead atoms. The lowest BCUT2D eigenvalue weighted by Crippen LogP contribution is -2.09. The minimum atomic E-state index is -0.686. The number of para-hydroxylation sites is 2. The van der Waals surface area contributed by atoms with Gasteiger partial charge in [-0.2, -0.15) is 0 Å². The highest BCUT2D eigenvalue weighted by Crippen LogP contribution is 2.23.